The van der Waals surface area contributed by atoms with E-state index in [1.807, 2.05) is 24.3 Å². The Labute approximate surface area is 141 Å². The summed E-state index contributed by atoms with van der Waals surface area (Å²) in [5, 5.41) is 0. The summed E-state index contributed by atoms with van der Waals surface area (Å²) in [4.78, 5) is 14.4. The van der Waals surface area contributed by atoms with Crippen LogP contribution in [-0.2, 0) is 6.54 Å². The van der Waals surface area contributed by atoms with Gasteiger partial charge in [-0.15, -0.1) is 0 Å². The second-order valence-corrected chi connectivity index (χ2v) is 6.67. The van der Waals surface area contributed by atoms with Gasteiger partial charge in [0, 0.05) is 12.1 Å². The van der Waals surface area contributed by atoms with Gasteiger partial charge in [0.25, 0.3) is 0 Å². The Morgan fingerprint density at radius 2 is 1.67 bits per heavy atom. The van der Waals surface area contributed by atoms with Crippen molar-refractivity contribution >= 4 is 22.3 Å². The standard InChI is InChI=1S/C20H20N4/c1-13(2)12-24-19(15-8-6-7-14(3)11-15)23-18-20(24)22-17-10-5-4-9-16(17)21-18/h4-11,13H,12H2,1-3H3. The lowest BCUT2D eigenvalue weighted by atomic mass is 10.1. The topological polar surface area (TPSA) is 43.6 Å². The van der Waals surface area contributed by atoms with E-state index in [4.69, 9.17) is 15.0 Å². The number of imidazole rings is 1. The maximum absolute atomic E-state index is 4.84. The third kappa shape index (κ3) is 2.54. The van der Waals surface area contributed by atoms with Gasteiger partial charge in [0.15, 0.2) is 11.3 Å². The highest BCUT2D eigenvalue weighted by Crippen LogP contribution is 2.26. The molecule has 120 valence electrons. The molecule has 4 nitrogen and oxygen atoms in total. The highest BCUT2D eigenvalue weighted by Gasteiger charge is 2.16. The van der Waals surface area contributed by atoms with Gasteiger partial charge in [-0.2, -0.15) is 0 Å². The molecular weight excluding hydrogens is 296 g/mol. The summed E-state index contributed by atoms with van der Waals surface area (Å²) in [6.07, 6.45) is 0. The maximum Gasteiger partial charge on any atom is 0.198 e. The molecule has 0 radical (unpaired) electrons. The average molecular weight is 316 g/mol. The second kappa shape index (κ2) is 5.71. The van der Waals surface area contributed by atoms with Crippen molar-refractivity contribution < 1.29 is 0 Å². The number of para-hydroxylation sites is 2. The summed E-state index contributed by atoms with van der Waals surface area (Å²) in [6.45, 7) is 7.39. The number of aryl methyl sites for hydroxylation is 1. The maximum atomic E-state index is 4.84. The van der Waals surface area contributed by atoms with Crippen molar-refractivity contribution in [2.24, 2.45) is 5.92 Å². The first-order valence-corrected chi connectivity index (χ1v) is 8.32. The van der Waals surface area contributed by atoms with Crippen LogP contribution in [0.5, 0.6) is 0 Å². The molecule has 4 aromatic rings. The lowest BCUT2D eigenvalue weighted by Crippen LogP contribution is -2.07. The molecule has 0 unspecified atom stereocenters. The molecule has 0 aliphatic heterocycles. The molecule has 0 saturated heterocycles. The Bertz CT molecular complexity index is 1030. The van der Waals surface area contributed by atoms with Gasteiger partial charge in [-0.05, 0) is 31.0 Å². The van der Waals surface area contributed by atoms with Crippen LogP contribution in [-0.4, -0.2) is 19.5 Å². The van der Waals surface area contributed by atoms with Crippen LogP contribution in [0.1, 0.15) is 19.4 Å². The van der Waals surface area contributed by atoms with Crippen molar-refractivity contribution in [3.8, 4) is 11.4 Å². The lowest BCUT2D eigenvalue weighted by Gasteiger charge is -2.11. The van der Waals surface area contributed by atoms with Crippen molar-refractivity contribution in [3.05, 3.63) is 54.1 Å². The van der Waals surface area contributed by atoms with Crippen LogP contribution >= 0.6 is 0 Å². The predicted octanol–water partition coefficient (Wildman–Crippen LogP) is 4.61. The van der Waals surface area contributed by atoms with Gasteiger partial charge in [0.2, 0.25) is 0 Å². The van der Waals surface area contributed by atoms with E-state index < -0.39 is 0 Å². The van der Waals surface area contributed by atoms with E-state index >= 15 is 0 Å². The number of benzene rings is 2. The first-order valence-electron chi connectivity index (χ1n) is 8.32. The van der Waals surface area contributed by atoms with E-state index in [1.54, 1.807) is 0 Å². The summed E-state index contributed by atoms with van der Waals surface area (Å²) in [6, 6.07) is 16.4. The number of fused-ring (bicyclic) bond motifs is 2. The highest BCUT2D eigenvalue weighted by atomic mass is 15.2. The number of nitrogens with zero attached hydrogens (tertiary/aromatic N) is 4. The molecule has 0 N–H and O–H groups in total. The van der Waals surface area contributed by atoms with E-state index in [2.05, 4.69) is 49.6 Å². The van der Waals surface area contributed by atoms with Crippen LogP contribution in [0.4, 0.5) is 0 Å². The lowest BCUT2D eigenvalue weighted by molar-refractivity contribution is 0.534. The largest absolute Gasteiger partial charge is 0.307 e. The number of hydrogen-bond donors (Lipinski definition) is 0. The van der Waals surface area contributed by atoms with Crippen molar-refractivity contribution in [1.82, 2.24) is 19.5 Å². The molecule has 0 amide bonds. The molecule has 4 heteroatoms. The Balaban J connectivity index is 2.02. The molecule has 0 spiro atoms. The zero-order valence-corrected chi connectivity index (χ0v) is 14.2. The predicted molar refractivity (Wildman–Crippen MR) is 97.8 cm³/mol. The van der Waals surface area contributed by atoms with Gasteiger partial charge >= 0.3 is 0 Å². The van der Waals surface area contributed by atoms with Crippen molar-refractivity contribution in [1.29, 1.82) is 0 Å². The minimum Gasteiger partial charge on any atom is -0.307 e. The zero-order valence-electron chi connectivity index (χ0n) is 14.2. The number of aromatic nitrogens is 4. The summed E-state index contributed by atoms with van der Waals surface area (Å²) in [5.41, 5.74) is 5.70. The van der Waals surface area contributed by atoms with Crippen LogP contribution in [0.25, 0.3) is 33.7 Å². The van der Waals surface area contributed by atoms with Gasteiger partial charge < -0.3 is 4.57 Å². The molecule has 0 aliphatic carbocycles. The van der Waals surface area contributed by atoms with Crippen LogP contribution in [0, 0.1) is 12.8 Å². The van der Waals surface area contributed by atoms with Gasteiger partial charge in [-0.3, -0.25) is 0 Å². The Kier molecular flexibility index (Phi) is 3.53. The molecule has 0 atom stereocenters. The minimum atomic E-state index is 0.499. The quantitative estimate of drug-likeness (QED) is 0.554. The van der Waals surface area contributed by atoms with Gasteiger partial charge in [0.05, 0.1) is 11.0 Å². The van der Waals surface area contributed by atoms with Crippen molar-refractivity contribution in [2.75, 3.05) is 0 Å². The van der Waals surface area contributed by atoms with Crippen LogP contribution in [0.2, 0.25) is 0 Å². The summed E-state index contributed by atoms with van der Waals surface area (Å²) >= 11 is 0. The van der Waals surface area contributed by atoms with Crippen LogP contribution < -0.4 is 0 Å². The smallest absolute Gasteiger partial charge is 0.198 e. The molecule has 0 saturated carbocycles. The minimum absolute atomic E-state index is 0.499. The second-order valence-electron chi connectivity index (χ2n) is 6.67. The molecule has 2 heterocycles. The van der Waals surface area contributed by atoms with Crippen molar-refractivity contribution in [3.63, 3.8) is 0 Å². The highest BCUT2D eigenvalue weighted by molar-refractivity contribution is 5.84. The van der Waals surface area contributed by atoms with Crippen LogP contribution in [0.3, 0.4) is 0 Å². The molecule has 0 aliphatic rings. The normalized spacial score (nSPS) is 11.7. The first-order chi connectivity index (χ1) is 11.6. The third-order valence-corrected chi connectivity index (χ3v) is 4.08. The first kappa shape index (κ1) is 14.8. The fraction of sp³-hybridized carbons (Fsp3) is 0.250. The monoisotopic (exact) mass is 316 g/mol. The summed E-state index contributed by atoms with van der Waals surface area (Å²) < 4.78 is 2.20. The van der Waals surface area contributed by atoms with E-state index in [-0.39, 0.29) is 0 Å². The zero-order chi connectivity index (χ0) is 16.7. The van der Waals surface area contributed by atoms with E-state index in [9.17, 15) is 0 Å². The third-order valence-electron chi connectivity index (χ3n) is 4.08. The average Bonchev–Trinajstić information content (AvgIpc) is 2.90. The fourth-order valence-electron chi connectivity index (χ4n) is 3.04. The number of rotatable bonds is 3. The van der Waals surface area contributed by atoms with E-state index in [0.29, 0.717) is 11.6 Å². The van der Waals surface area contributed by atoms with Gasteiger partial charge in [-0.1, -0.05) is 49.7 Å². The van der Waals surface area contributed by atoms with Gasteiger partial charge in [0.1, 0.15) is 5.82 Å². The molecule has 0 fully saturated rings. The molecular formula is C20H20N4. The number of hydrogen-bond acceptors (Lipinski definition) is 3. The summed E-state index contributed by atoms with van der Waals surface area (Å²) in [7, 11) is 0. The summed E-state index contributed by atoms with van der Waals surface area (Å²) in [5.74, 6) is 1.44. The van der Waals surface area contributed by atoms with Crippen molar-refractivity contribution in [2.45, 2.75) is 27.3 Å². The van der Waals surface area contributed by atoms with E-state index in [0.717, 1.165) is 34.6 Å². The molecule has 4 rings (SSSR count). The SMILES string of the molecule is Cc1cccc(-c2nc3nc4ccccc4nc3n2CC(C)C)c1. The molecule has 24 heavy (non-hydrogen) atoms. The molecule has 2 aromatic carbocycles. The fourth-order valence-corrected chi connectivity index (χ4v) is 3.04. The van der Waals surface area contributed by atoms with E-state index in [1.165, 1.54) is 5.56 Å². The molecule has 2 aromatic heterocycles. The molecule has 0 bridgehead atoms. The van der Waals surface area contributed by atoms with Crippen LogP contribution in [0.15, 0.2) is 48.5 Å². The Morgan fingerprint density at radius 3 is 2.38 bits per heavy atom. The van der Waals surface area contributed by atoms with Gasteiger partial charge in [-0.25, -0.2) is 15.0 Å². The Hall–Kier alpha value is -2.75. The Morgan fingerprint density at radius 1 is 0.917 bits per heavy atom.